The minimum Gasteiger partial charge on any atom is -0.484 e. The van der Waals surface area contributed by atoms with Gasteiger partial charge in [-0.2, -0.15) is 0 Å². The Morgan fingerprint density at radius 2 is 1.69 bits per heavy atom. The van der Waals surface area contributed by atoms with Crippen LogP contribution in [-0.2, 0) is 10.2 Å². The lowest BCUT2D eigenvalue weighted by molar-refractivity contribution is -0.123. The van der Waals surface area contributed by atoms with E-state index in [9.17, 15) is 9.59 Å². The molecule has 26 heavy (non-hydrogen) atoms. The van der Waals surface area contributed by atoms with E-state index >= 15 is 0 Å². The Morgan fingerprint density at radius 1 is 1.04 bits per heavy atom. The lowest BCUT2D eigenvalue weighted by Crippen LogP contribution is -2.43. The molecule has 6 heteroatoms. The summed E-state index contributed by atoms with van der Waals surface area (Å²) >= 11 is 3.29. The van der Waals surface area contributed by atoms with Crippen LogP contribution in [0.15, 0.2) is 53.0 Å². The van der Waals surface area contributed by atoms with Crippen LogP contribution in [0.25, 0.3) is 0 Å². The minimum atomic E-state index is -0.441. The van der Waals surface area contributed by atoms with Crippen molar-refractivity contribution in [1.82, 2.24) is 10.9 Å². The SMILES string of the molecule is CCC(C)(C)c1ccc(OCC(=O)NNC(=O)c2ccccc2Br)cc1. The van der Waals surface area contributed by atoms with Gasteiger partial charge in [-0.05, 0) is 57.6 Å². The van der Waals surface area contributed by atoms with Gasteiger partial charge in [0.25, 0.3) is 11.8 Å². The Morgan fingerprint density at radius 3 is 2.31 bits per heavy atom. The Bertz CT molecular complexity index is 773. The Balaban J connectivity index is 1.82. The second-order valence-corrected chi connectivity index (χ2v) is 7.39. The number of carbonyl (C=O) groups is 2. The van der Waals surface area contributed by atoms with Gasteiger partial charge in [0.1, 0.15) is 5.75 Å². The fraction of sp³-hybridized carbons (Fsp3) is 0.300. The van der Waals surface area contributed by atoms with Gasteiger partial charge in [-0.15, -0.1) is 0 Å². The third-order valence-electron chi connectivity index (χ3n) is 4.32. The number of hydrogen-bond donors (Lipinski definition) is 2. The normalized spacial score (nSPS) is 10.9. The number of carbonyl (C=O) groups excluding carboxylic acids is 2. The molecule has 0 saturated heterocycles. The van der Waals surface area contributed by atoms with E-state index in [4.69, 9.17) is 4.74 Å². The fourth-order valence-electron chi connectivity index (χ4n) is 2.23. The molecule has 0 bridgehead atoms. The van der Waals surface area contributed by atoms with E-state index < -0.39 is 11.8 Å². The van der Waals surface area contributed by atoms with E-state index in [1.165, 1.54) is 5.56 Å². The number of halogens is 1. The van der Waals surface area contributed by atoms with Gasteiger partial charge < -0.3 is 4.74 Å². The maximum Gasteiger partial charge on any atom is 0.276 e. The minimum absolute atomic E-state index is 0.103. The van der Waals surface area contributed by atoms with Crippen LogP contribution in [0, 0.1) is 0 Å². The Hall–Kier alpha value is -2.34. The zero-order valence-electron chi connectivity index (χ0n) is 15.1. The highest BCUT2D eigenvalue weighted by atomic mass is 79.9. The number of amides is 2. The summed E-state index contributed by atoms with van der Waals surface area (Å²) in [7, 11) is 0. The van der Waals surface area contributed by atoms with E-state index in [2.05, 4.69) is 47.6 Å². The van der Waals surface area contributed by atoms with Gasteiger partial charge in [-0.25, -0.2) is 0 Å². The predicted octanol–water partition coefficient (Wildman–Crippen LogP) is 3.98. The van der Waals surface area contributed by atoms with Crippen LogP contribution in [0.4, 0.5) is 0 Å². The summed E-state index contributed by atoms with van der Waals surface area (Å²) < 4.78 is 6.11. The van der Waals surface area contributed by atoms with Crippen LogP contribution in [0.2, 0.25) is 0 Å². The standard InChI is InChI=1S/C20H23BrN2O3/c1-4-20(2,3)14-9-11-15(12-10-14)26-13-18(24)22-23-19(25)16-7-5-6-8-17(16)21/h5-12H,4,13H2,1-3H3,(H,22,24)(H,23,25). The highest BCUT2D eigenvalue weighted by molar-refractivity contribution is 9.10. The maximum absolute atomic E-state index is 12.0. The third kappa shape index (κ3) is 5.33. The lowest BCUT2D eigenvalue weighted by atomic mass is 9.82. The molecule has 2 N–H and O–H groups in total. The van der Waals surface area contributed by atoms with Gasteiger partial charge in [0, 0.05) is 4.47 Å². The number of hydrazine groups is 1. The first kappa shape index (κ1) is 20.0. The molecular weight excluding hydrogens is 396 g/mol. The van der Waals surface area contributed by atoms with E-state index in [0.717, 1.165) is 6.42 Å². The quantitative estimate of drug-likeness (QED) is 0.697. The Kier molecular flexibility index (Phi) is 6.80. The molecule has 2 aromatic rings. The van der Waals surface area contributed by atoms with Crippen molar-refractivity contribution in [1.29, 1.82) is 0 Å². The summed E-state index contributed by atoms with van der Waals surface area (Å²) in [6, 6.07) is 14.7. The van der Waals surface area contributed by atoms with Crippen molar-refractivity contribution in [3.05, 3.63) is 64.1 Å². The van der Waals surface area contributed by atoms with Crippen LogP contribution in [-0.4, -0.2) is 18.4 Å². The molecule has 0 saturated carbocycles. The van der Waals surface area contributed by atoms with Crippen molar-refractivity contribution in [3.63, 3.8) is 0 Å². The van der Waals surface area contributed by atoms with Gasteiger partial charge in [0.15, 0.2) is 6.61 Å². The van der Waals surface area contributed by atoms with Gasteiger partial charge in [-0.1, -0.05) is 45.0 Å². The molecule has 0 aromatic heterocycles. The van der Waals surface area contributed by atoms with Crippen molar-refractivity contribution < 1.29 is 14.3 Å². The Labute approximate surface area is 162 Å². The lowest BCUT2D eigenvalue weighted by Gasteiger charge is -2.23. The summed E-state index contributed by atoms with van der Waals surface area (Å²) in [4.78, 5) is 23.9. The van der Waals surface area contributed by atoms with E-state index in [0.29, 0.717) is 15.8 Å². The summed E-state index contributed by atoms with van der Waals surface area (Å²) in [5, 5.41) is 0. The monoisotopic (exact) mass is 418 g/mol. The second-order valence-electron chi connectivity index (χ2n) is 6.53. The smallest absolute Gasteiger partial charge is 0.276 e. The van der Waals surface area contributed by atoms with Crippen LogP contribution in [0.3, 0.4) is 0 Å². The zero-order valence-corrected chi connectivity index (χ0v) is 16.7. The van der Waals surface area contributed by atoms with Gasteiger partial charge in [-0.3, -0.25) is 20.4 Å². The van der Waals surface area contributed by atoms with Crippen molar-refractivity contribution >= 4 is 27.7 Å². The molecule has 2 amide bonds. The van der Waals surface area contributed by atoms with Crippen LogP contribution >= 0.6 is 15.9 Å². The molecule has 2 aromatic carbocycles. The van der Waals surface area contributed by atoms with Crippen molar-refractivity contribution in [2.24, 2.45) is 0 Å². The average molecular weight is 419 g/mol. The number of rotatable bonds is 6. The molecule has 0 atom stereocenters. The van der Waals surface area contributed by atoms with Gasteiger partial charge >= 0.3 is 0 Å². The second kappa shape index (κ2) is 8.85. The fourth-order valence-corrected chi connectivity index (χ4v) is 2.70. The average Bonchev–Trinajstić information content (AvgIpc) is 2.65. The molecule has 0 aliphatic rings. The third-order valence-corrected chi connectivity index (χ3v) is 5.02. The highest BCUT2D eigenvalue weighted by Crippen LogP contribution is 2.27. The predicted molar refractivity (Wildman–Crippen MR) is 105 cm³/mol. The first-order valence-electron chi connectivity index (χ1n) is 8.40. The zero-order chi connectivity index (χ0) is 19.2. The van der Waals surface area contributed by atoms with Crippen molar-refractivity contribution in [2.45, 2.75) is 32.6 Å². The summed E-state index contributed by atoms with van der Waals surface area (Å²) in [5.74, 6) is -0.242. The molecule has 0 spiro atoms. The molecule has 0 aliphatic heterocycles. The first-order chi connectivity index (χ1) is 12.3. The maximum atomic E-state index is 12.0. The van der Waals surface area contributed by atoms with Crippen LogP contribution < -0.4 is 15.6 Å². The summed E-state index contributed by atoms with van der Waals surface area (Å²) in [6.45, 7) is 6.33. The van der Waals surface area contributed by atoms with Gasteiger partial charge in [0.05, 0.1) is 5.56 Å². The summed E-state index contributed by atoms with van der Waals surface area (Å²) in [6.07, 6.45) is 1.03. The molecule has 0 aliphatic carbocycles. The molecule has 0 fully saturated rings. The molecular formula is C20H23BrN2O3. The van der Waals surface area contributed by atoms with Gasteiger partial charge in [0.2, 0.25) is 0 Å². The van der Waals surface area contributed by atoms with Crippen LogP contribution in [0.5, 0.6) is 5.75 Å². The topological polar surface area (TPSA) is 67.4 Å². The number of ether oxygens (including phenoxy) is 1. The van der Waals surface area contributed by atoms with E-state index in [1.807, 2.05) is 24.3 Å². The van der Waals surface area contributed by atoms with Crippen molar-refractivity contribution in [2.75, 3.05) is 6.61 Å². The van der Waals surface area contributed by atoms with Crippen LogP contribution in [0.1, 0.15) is 43.1 Å². The molecule has 0 heterocycles. The molecule has 0 radical (unpaired) electrons. The molecule has 5 nitrogen and oxygen atoms in total. The van der Waals surface area contributed by atoms with Crippen molar-refractivity contribution in [3.8, 4) is 5.75 Å². The van der Waals surface area contributed by atoms with E-state index in [-0.39, 0.29) is 12.0 Å². The largest absolute Gasteiger partial charge is 0.484 e. The summed E-state index contributed by atoms with van der Waals surface area (Å²) in [5.41, 5.74) is 6.46. The first-order valence-corrected chi connectivity index (χ1v) is 9.20. The molecule has 0 unspecified atom stereocenters. The highest BCUT2D eigenvalue weighted by Gasteiger charge is 2.17. The number of hydrogen-bond acceptors (Lipinski definition) is 3. The number of benzene rings is 2. The molecule has 138 valence electrons. The number of nitrogens with one attached hydrogen (secondary N) is 2. The van der Waals surface area contributed by atoms with E-state index in [1.54, 1.807) is 24.3 Å². The molecule has 2 rings (SSSR count).